The van der Waals surface area contributed by atoms with E-state index in [1.807, 2.05) is 45.0 Å². The number of nitrogens with two attached hydrogens (primary N) is 1. The molecule has 0 saturated carbocycles. The van der Waals surface area contributed by atoms with Gasteiger partial charge in [0.15, 0.2) is 6.61 Å². The van der Waals surface area contributed by atoms with Gasteiger partial charge >= 0.3 is 6.03 Å². The van der Waals surface area contributed by atoms with E-state index in [4.69, 9.17) is 10.5 Å². The van der Waals surface area contributed by atoms with Crippen LogP contribution in [0.2, 0.25) is 0 Å². The Hall–Kier alpha value is -3.55. The second-order valence-electron chi connectivity index (χ2n) is 6.81. The van der Waals surface area contributed by atoms with Crippen molar-refractivity contribution in [2.45, 2.75) is 33.2 Å². The molecule has 0 spiro atoms. The van der Waals surface area contributed by atoms with Crippen LogP contribution in [0.1, 0.15) is 34.7 Å². The van der Waals surface area contributed by atoms with Crippen LogP contribution in [0.15, 0.2) is 42.5 Å². The summed E-state index contributed by atoms with van der Waals surface area (Å²) in [5, 5.41) is 2.53. The highest BCUT2D eigenvalue weighted by molar-refractivity contribution is 5.83. The van der Waals surface area contributed by atoms with Gasteiger partial charge in [0.2, 0.25) is 5.91 Å². The van der Waals surface area contributed by atoms with E-state index in [9.17, 15) is 14.4 Å². The quantitative estimate of drug-likeness (QED) is 0.532. The summed E-state index contributed by atoms with van der Waals surface area (Å²) in [6.07, 6.45) is -0.0930. The molecule has 1 atom stereocenters. The largest absolute Gasteiger partial charge is 0.484 e. The number of carbonyl (C=O) groups excluding carboxylic acids is 3. The molecule has 4 amide bonds. The van der Waals surface area contributed by atoms with Gasteiger partial charge in [-0.05, 0) is 49.6 Å². The Labute approximate surface area is 169 Å². The van der Waals surface area contributed by atoms with Crippen LogP contribution in [0.4, 0.5) is 4.79 Å². The van der Waals surface area contributed by atoms with Crippen molar-refractivity contribution in [2.24, 2.45) is 5.73 Å². The minimum absolute atomic E-state index is 0.0930. The summed E-state index contributed by atoms with van der Waals surface area (Å²) in [6.45, 7) is 5.62. The molecular weight excluding hydrogens is 372 g/mol. The van der Waals surface area contributed by atoms with E-state index in [1.165, 1.54) is 0 Å². The first-order chi connectivity index (χ1) is 13.7. The SMILES string of the molecule is Cc1ccc([C@H](CC(=O)NNC(=O)COc2ccc(C)c(C)c2)NC(N)=O)cc1. The van der Waals surface area contributed by atoms with Gasteiger partial charge in [-0.1, -0.05) is 35.9 Å². The zero-order valence-corrected chi connectivity index (χ0v) is 16.7. The summed E-state index contributed by atoms with van der Waals surface area (Å²) in [7, 11) is 0. The highest BCUT2D eigenvalue weighted by Gasteiger charge is 2.18. The number of amides is 4. The highest BCUT2D eigenvalue weighted by Crippen LogP contribution is 2.18. The molecule has 0 radical (unpaired) electrons. The molecule has 154 valence electrons. The van der Waals surface area contributed by atoms with Gasteiger partial charge in [-0.2, -0.15) is 0 Å². The van der Waals surface area contributed by atoms with E-state index < -0.39 is 23.9 Å². The number of hydrogen-bond acceptors (Lipinski definition) is 4. The fourth-order valence-electron chi connectivity index (χ4n) is 2.59. The van der Waals surface area contributed by atoms with Gasteiger partial charge in [0, 0.05) is 0 Å². The smallest absolute Gasteiger partial charge is 0.312 e. The molecule has 8 nitrogen and oxygen atoms in total. The molecule has 0 bridgehead atoms. The van der Waals surface area contributed by atoms with Gasteiger partial charge in [0.05, 0.1) is 12.5 Å². The molecular formula is C21H26N4O4. The Kier molecular flexibility index (Phi) is 7.59. The molecule has 29 heavy (non-hydrogen) atoms. The number of benzene rings is 2. The van der Waals surface area contributed by atoms with Crippen molar-refractivity contribution in [3.8, 4) is 5.75 Å². The number of nitrogens with one attached hydrogen (secondary N) is 3. The zero-order chi connectivity index (χ0) is 21.4. The average Bonchev–Trinajstić information content (AvgIpc) is 2.67. The molecule has 5 N–H and O–H groups in total. The molecule has 2 rings (SSSR count). The summed E-state index contributed by atoms with van der Waals surface area (Å²) >= 11 is 0. The fourth-order valence-corrected chi connectivity index (χ4v) is 2.59. The highest BCUT2D eigenvalue weighted by atomic mass is 16.5. The van der Waals surface area contributed by atoms with Crippen molar-refractivity contribution in [1.29, 1.82) is 0 Å². The molecule has 0 saturated heterocycles. The van der Waals surface area contributed by atoms with Gasteiger partial charge < -0.3 is 15.8 Å². The minimum atomic E-state index is -0.741. The molecule has 0 aliphatic rings. The first-order valence-electron chi connectivity index (χ1n) is 9.15. The molecule has 0 heterocycles. The first kappa shape index (κ1) is 21.7. The lowest BCUT2D eigenvalue weighted by Crippen LogP contribution is -2.45. The summed E-state index contributed by atoms with van der Waals surface area (Å²) in [5.74, 6) is -0.421. The monoisotopic (exact) mass is 398 g/mol. The van der Waals surface area contributed by atoms with E-state index >= 15 is 0 Å². The Morgan fingerprint density at radius 1 is 0.931 bits per heavy atom. The van der Waals surface area contributed by atoms with Crippen LogP contribution in [0, 0.1) is 20.8 Å². The maximum Gasteiger partial charge on any atom is 0.312 e. The second-order valence-corrected chi connectivity index (χ2v) is 6.81. The zero-order valence-electron chi connectivity index (χ0n) is 16.7. The summed E-state index contributed by atoms with van der Waals surface area (Å²) in [5.41, 5.74) is 13.8. The summed E-state index contributed by atoms with van der Waals surface area (Å²) in [4.78, 5) is 35.3. The van der Waals surface area contributed by atoms with Gasteiger partial charge in [0.25, 0.3) is 5.91 Å². The lowest BCUT2D eigenvalue weighted by Gasteiger charge is -2.18. The number of hydrogen-bond donors (Lipinski definition) is 4. The number of primary amides is 1. The van der Waals surface area contributed by atoms with Crippen LogP contribution in [0.25, 0.3) is 0 Å². The number of rotatable bonds is 7. The van der Waals surface area contributed by atoms with Gasteiger partial charge in [-0.15, -0.1) is 0 Å². The maximum absolute atomic E-state index is 12.2. The molecule has 0 unspecified atom stereocenters. The van der Waals surface area contributed by atoms with E-state index in [0.29, 0.717) is 5.75 Å². The summed E-state index contributed by atoms with van der Waals surface area (Å²) in [6, 6.07) is 11.5. The van der Waals surface area contributed by atoms with Crippen molar-refractivity contribution in [1.82, 2.24) is 16.2 Å². The normalized spacial score (nSPS) is 11.3. The van der Waals surface area contributed by atoms with Crippen molar-refractivity contribution >= 4 is 17.8 Å². The van der Waals surface area contributed by atoms with Crippen molar-refractivity contribution in [3.05, 3.63) is 64.7 Å². The molecule has 8 heteroatoms. The lowest BCUT2D eigenvalue weighted by molar-refractivity contribution is -0.130. The average molecular weight is 398 g/mol. The standard InChI is InChI=1S/C21H26N4O4/c1-13-4-7-16(8-5-13)18(23-21(22)28)11-19(26)24-25-20(27)12-29-17-9-6-14(2)15(3)10-17/h4-10,18H,11-12H2,1-3H3,(H,24,26)(H,25,27)(H3,22,23,28)/t18-/m0/s1. The van der Waals surface area contributed by atoms with Crippen molar-refractivity contribution < 1.29 is 19.1 Å². The van der Waals surface area contributed by atoms with Crippen LogP contribution in [-0.4, -0.2) is 24.5 Å². The third-order valence-corrected chi connectivity index (χ3v) is 4.38. The number of ether oxygens (including phenoxy) is 1. The molecule has 2 aromatic rings. The molecule has 0 fully saturated rings. The van der Waals surface area contributed by atoms with Crippen molar-refractivity contribution in [2.75, 3.05) is 6.61 Å². The van der Waals surface area contributed by atoms with Crippen LogP contribution in [0.5, 0.6) is 5.75 Å². The van der Waals surface area contributed by atoms with E-state index in [-0.39, 0.29) is 13.0 Å². The fraction of sp³-hybridized carbons (Fsp3) is 0.286. The minimum Gasteiger partial charge on any atom is -0.484 e. The third kappa shape index (κ3) is 7.17. The van der Waals surface area contributed by atoms with Crippen LogP contribution in [0.3, 0.4) is 0 Å². The van der Waals surface area contributed by atoms with Crippen molar-refractivity contribution in [3.63, 3.8) is 0 Å². The number of urea groups is 1. The Balaban J connectivity index is 1.84. The topological polar surface area (TPSA) is 123 Å². The Morgan fingerprint density at radius 2 is 1.59 bits per heavy atom. The van der Waals surface area contributed by atoms with Crippen LogP contribution >= 0.6 is 0 Å². The van der Waals surface area contributed by atoms with E-state index in [2.05, 4.69) is 16.2 Å². The molecule has 0 aliphatic heterocycles. The van der Waals surface area contributed by atoms with Crippen LogP contribution in [-0.2, 0) is 9.59 Å². The molecule has 2 aromatic carbocycles. The number of hydrazine groups is 1. The van der Waals surface area contributed by atoms with Gasteiger partial charge in [0.1, 0.15) is 5.75 Å². The van der Waals surface area contributed by atoms with Gasteiger partial charge in [-0.3, -0.25) is 20.4 Å². The van der Waals surface area contributed by atoms with Gasteiger partial charge in [-0.25, -0.2) is 4.79 Å². The maximum atomic E-state index is 12.2. The van der Waals surface area contributed by atoms with E-state index in [0.717, 1.165) is 22.3 Å². The second kappa shape index (κ2) is 10.1. The lowest BCUT2D eigenvalue weighted by atomic mass is 10.0. The van der Waals surface area contributed by atoms with Crippen LogP contribution < -0.4 is 26.6 Å². The predicted molar refractivity (Wildman–Crippen MR) is 109 cm³/mol. The first-order valence-corrected chi connectivity index (χ1v) is 9.15. The van der Waals surface area contributed by atoms with E-state index in [1.54, 1.807) is 18.2 Å². The third-order valence-electron chi connectivity index (χ3n) is 4.38. The summed E-state index contributed by atoms with van der Waals surface area (Å²) < 4.78 is 5.41. The predicted octanol–water partition coefficient (Wildman–Crippen LogP) is 1.94. The number of aryl methyl sites for hydroxylation is 3. The Morgan fingerprint density at radius 3 is 2.21 bits per heavy atom. The Bertz CT molecular complexity index is 881. The molecule has 0 aliphatic carbocycles. The molecule has 0 aromatic heterocycles. The number of carbonyl (C=O) groups is 3.